The summed E-state index contributed by atoms with van der Waals surface area (Å²) in [5, 5.41) is 2.91. The zero-order valence-corrected chi connectivity index (χ0v) is 13.4. The number of fused-ring (bicyclic) bond motifs is 1. The van der Waals surface area contributed by atoms with Crippen molar-refractivity contribution in [3.63, 3.8) is 0 Å². The predicted molar refractivity (Wildman–Crippen MR) is 92.9 cm³/mol. The van der Waals surface area contributed by atoms with Gasteiger partial charge in [0.05, 0.1) is 5.52 Å². The smallest absolute Gasteiger partial charge is 0.408 e. The molecule has 0 bridgehead atoms. The van der Waals surface area contributed by atoms with Crippen LogP contribution in [-0.4, -0.2) is 17.0 Å². The third-order valence-electron chi connectivity index (χ3n) is 3.94. The first-order valence-corrected chi connectivity index (χ1v) is 8.13. The molecule has 124 valence electrons. The van der Waals surface area contributed by atoms with Crippen LogP contribution < -0.4 is 11.1 Å². The number of aryl methyl sites for hydroxylation is 1. The van der Waals surface area contributed by atoms with Crippen molar-refractivity contribution in [3.8, 4) is 0 Å². The largest absolute Gasteiger partial charge is 0.419 e. The predicted octanol–water partition coefficient (Wildman–Crippen LogP) is 2.73. The van der Waals surface area contributed by atoms with Gasteiger partial charge in [0, 0.05) is 19.5 Å². The Balaban J connectivity index is 1.45. The van der Waals surface area contributed by atoms with Crippen molar-refractivity contribution < 1.29 is 9.21 Å². The first-order valence-electron chi connectivity index (χ1n) is 8.13. The number of nitrogens with one attached hydrogen (secondary N) is 1. The maximum Gasteiger partial charge on any atom is 0.419 e. The maximum absolute atomic E-state index is 11.9. The topological polar surface area (TPSA) is 64.2 Å². The molecule has 1 aromatic heterocycles. The van der Waals surface area contributed by atoms with Gasteiger partial charge < -0.3 is 9.73 Å². The molecule has 0 saturated heterocycles. The van der Waals surface area contributed by atoms with E-state index in [2.05, 4.69) is 5.32 Å². The van der Waals surface area contributed by atoms with E-state index in [4.69, 9.17) is 4.42 Å². The number of benzene rings is 2. The van der Waals surface area contributed by atoms with Gasteiger partial charge in [0.1, 0.15) is 0 Å². The third kappa shape index (κ3) is 3.93. The van der Waals surface area contributed by atoms with Crippen molar-refractivity contribution in [1.82, 2.24) is 9.88 Å². The molecular formula is C19H20N2O3. The Morgan fingerprint density at radius 3 is 2.62 bits per heavy atom. The van der Waals surface area contributed by atoms with Crippen molar-refractivity contribution >= 4 is 17.0 Å². The van der Waals surface area contributed by atoms with E-state index in [0.29, 0.717) is 31.5 Å². The lowest BCUT2D eigenvalue weighted by Crippen LogP contribution is -2.26. The second kappa shape index (κ2) is 7.64. The summed E-state index contributed by atoms with van der Waals surface area (Å²) >= 11 is 0. The zero-order chi connectivity index (χ0) is 16.8. The maximum atomic E-state index is 11.9. The summed E-state index contributed by atoms with van der Waals surface area (Å²) in [5.41, 5.74) is 2.55. The van der Waals surface area contributed by atoms with Crippen LogP contribution in [0.15, 0.2) is 63.8 Å². The lowest BCUT2D eigenvalue weighted by Gasteiger charge is -2.06. The highest BCUT2D eigenvalue weighted by atomic mass is 16.4. The lowest BCUT2D eigenvalue weighted by atomic mass is 10.1. The van der Waals surface area contributed by atoms with Crippen molar-refractivity contribution in [2.45, 2.75) is 25.8 Å². The summed E-state index contributed by atoms with van der Waals surface area (Å²) in [6.07, 6.45) is 1.81. The SMILES string of the molecule is O=C(CCCn1c(=O)oc2ccccc21)NCCc1ccccc1. The number of aromatic nitrogens is 1. The fourth-order valence-corrected chi connectivity index (χ4v) is 2.70. The Bertz CT molecular complexity index is 865. The highest BCUT2D eigenvalue weighted by molar-refractivity contribution is 5.76. The average Bonchev–Trinajstić information content (AvgIpc) is 2.92. The molecule has 24 heavy (non-hydrogen) atoms. The summed E-state index contributed by atoms with van der Waals surface area (Å²) in [7, 11) is 0. The fourth-order valence-electron chi connectivity index (χ4n) is 2.70. The van der Waals surface area contributed by atoms with Gasteiger partial charge in [-0.2, -0.15) is 0 Å². The number of amides is 1. The lowest BCUT2D eigenvalue weighted by molar-refractivity contribution is -0.121. The van der Waals surface area contributed by atoms with E-state index in [1.54, 1.807) is 10.6 Å². The Morgan fingerprint density at radius 2 is 1.79 bits per heavy atom. The van der Waals surface area contributed by atoms with Gasteiger partial charge in [-0.3, -0.25) is 9.36 Å². The molecular weight excluding hydrogens is 304 g/mol. The van der Waals surface area contributed by atoms with Gasteiger partial charge >= 0.3 is 5.76 Å². The van der Waals surface area contributed by atoms with Gasteiger partial charge in [0.25, 0.3) is 0 Å². The molecule has 0 saturated carbocycles. The molecule has 1 amide bonds. The molecule has 0 aliphatic carbocycles. The molecule has 1 heterocycles. The van der Waals surface area contributed by atoms with E-state index in [1.807, 2.05) is 48.5 Å². The second-order valence-electron chi connectivity index (χ2n) is 5.68. The van der Waals surface area contributed by atoms with Crippen LogP contribution in [0.2, 0.25) is 0 Å². The Kier molecular flexibility index (Phi) is 5.11. The number of carbonyl (C=O) groups is 1. The Labute approximate surface area is 139 Å². The van der Waals surface area contributed by atoms with Crippen LogP contribution in [-0.2, 0) is 17.8 Å². The summed E-state index contributed by atoms with van der Waals surface area (Å²) in [6.45, 7) is 1.10. The second-order valence-corrected chi connectivity index (χ2v) is 5.68. The third-order valence-corrected chi connectivity index (χ3v) is 3.94. The molecule has 5 nitrogen and oxygen atoms in total. The number of hydrogen-bond acceptors (Lipinski definition) is 3. The minimum Gasteiger partial charge on any atom is -0.408 e. The van der Waals surface area contributed by atoms with Crippen LogP contribution in [0.3, 0.4) is 0 Å². The number of carbonyl (C=O) groups excluding carboxylic acids is 1. The normalized spacial score (nSPS) is 10.8. The Hall–Kier alpha value is -2.82. The molecule has 0 atom stereocenters. The molecule has 1 N–H and O–H groups in total. The van der Waals surface area contributed by atoms with E-state index < -0.39 is 0 Å². The highest BCUT2D eigenvalue weighted by Gasteiger charge is 2.09. The van der Waals surface area contributed by atoms with Crippen LogP contribution in [0.25, 0.3) is 11.1 Å². The molecule has 0 spiro atoms. The first kappa shape index (κ1) is 16.1. The summed E-state index contributed by atoms with van der Waals surface area (Å²) in [4.78, 5) is 23.7. The monoisotopic (exact) mass is 324 g/mol. The molecule has 0 aliphatic heterocycles. The first-order chi connectivity index (χ1) is 11.7. The quantitative estimate of drug-likeness (QED) is 0.727. The Morgan fingerprint density at radius 1 is 1.04 bits per heavy atom. The summed E-state index contributed by atoms with van der Waals surface area (Å²) in [5.74, 6) is -0.368. The molecule has 5 heteroatoms. The van der Waals surface area contributed by atoms with E-state index in [9.17, 15) is 9.59 Å². The molecule has 3 aromatic rings. The molecule has 0 aliphatic rings. The van der Waals surface area contributed by atoms with E-state index in [-0.39, 0.29) is 11.7 Å². The number of nitrogens with zero attached hydrogens (tertiary/aromatic N) is 1. The molecule has 0 unspecified atom stereocenters. The minimum atomic E-state index is -0.374. The summed E-state index contributed by atoms with van der Waals surface area (Å²) < 4.78 is 6.75. The summed E-state index contributed by atoms with van der Waals surface area (Å²) in [6, 6.07) is 17.4. The average molecular weight is 324 g/mol. The van der Waals surface area contributed by atoms with Gasteiger partial charge in [-0.1, -0.05) is 42.5 Å². The van der Waals surface area contributed by atoms with Crippen molar-refractivity contribution in [1.29, 1.82) is 0 Å². The number of rotatable bonds is 7. The van der Waals surface area contributed by atoms with Crippen molar-refractivity contribution in [2.24, 2.45) is 0 Å². The number of para-hydroxylation sites is 2. The van der Waals surface area contributed by atoms with E-state index in [1.165, 1.54) is 5.56 Å². The van der Waals surface area contributed by atoms with Gasteiger partial charge in [0.15, 0.2) is 5.58 Å². The molecule has 0 fully saturated rings. The van der Waals surface area contributed by atoms with Gasteiger partial charge in [-0.15, -0.1) is 0 Å². The van der Waals surface area contributed by atoms with E-state index in [0.717, 1.165) is 11.9 Å². The van der Waals surface area contributed by atoms with Gasteiger partial charge in [-0.05, 0) is 30.5 Å². The number of hydrogen-bond donors (Lipinski definition) is 1. The van der Waals surface area contributed by atoms with Gasteiger partial charge in [0.2, 0.25) is 5.91 Å². The fraction of sp³-hybridized carbons (Fsp3) is 0.263. The minimum absolute atomic E-state index is 0.00628. The number of oxazole rings is 1. The van der Waals surface area contributed by atoms with Crippen LogP contribution in [0.4, 0.5) is 0 Å². The zero-order valence-electron chi connectivity index (χ0n) is 13.4. The van der Waals surface area contributed by atoms with E-state index >= 15 is 0 Å². The van der Waals surface area contributed by atoms with Crippen LogP contribution in [0.5, 0.6) is 0 Å². The molecule has 3 rings (SSSR count). The van der Waals surface area contributed by atoms with Crippen molar-refractivity contribution in [2.75, 3.05) is 6.54 Å². The van der Waals surface area contributed by atoms with Crippen molar-refractivity contribution in [3.05, 3.63) is 70.7 Å². The van der Waals surface area contributed by atoms with Gasteiger partial charge in [-0.25, -0.2) is 4.79 Å². The highest BCUT2D eigenvalue weighted by Crippen LogP contribution is 2.12. The van der Waals surface area contributed by atoms with Crippen LogP contribution in [0, 0.1) is 0 Å². The molecule has 2 aromatic carbocycles. The molecule has 0 radical (unpaired) electrons. The van der Waals surface area contributed by atoms with Crippen LogP contribution >= 0.6 is 0 Å². The van der Waals surface area contributed by atoms with Crippen LogP contribution in [0.1, 0.15) is 18.4 Å². The standard InChI is InChI=1S/C19H20N2O3/c22-18(20-13-12-15-7-2-1-3-8-15)11-6-14-21-16-9-4-5-10-17(16)24-19(21)23/h1-5,7-10H,6,11-14H2,(H,20,22).